The van der Waals surface area contributed by atoms with Crippen molar-refractivity contribution < 1.29 is 9.21 Å². The third-order valence-corrected chi connectivity index (χ3v) is 5.46. The van der Waals surface area contributed by atoms with E-state index in [1.165, 1.54) is 19.3 Å². The number of furan rings is 1. The molecule has 0 spiro atoms. The van der Waals surface area contributed by atoms with E-state index in [2.05, 4.69) is 11.9 Å². The largest absolute Gasteiger partial charge is 0.464 e. The van der Waals surface area contributed by atoms with Crippen LogP contribution in [-0.4, -0.2) is 29.8 Å². The highest BCUT2D eigenvalue weighted by Crippen LogP contribution is 2.38. The first kappa shape index (κ1) is 13.1. The van der Waals surface area contributed by atoms with Gasteiger partial charge in [-0.25, -0.2) is 0 Å². The van der Waals surface area contributed by atoms with Crippen LogP contribution in [-0.2, 0) is 0 Å². The maximum absolute atomic E-state index is 12.9. The van der Waals surface area contributed by atoms with Crippen molar-refractivity contribution in [1.29, 1.82) is 0 Å². The monoisotopic (exact) mass is 283 g/mol. The van der Waals surface area contributed by atoms with E-state index in [4.69, 9.17) is 4.42 Å². The summed E-state index contributed by atoms with van der Waals surface area (Å²) in [4.78, 5) is 15.4. The summed E-state index contributed by atoms with van der Waals surface area (Å²) in [5.74, 6) is 0.447. The standard InChI is InChI=1S/C18H21NO2/c1-19-13-5-4-6-14(19)10-12(9-13)18(20)16-11-21-17-8-3-2-7-15(16)17/h2-3,7-8,11-14H,4-6,9-10H2,1H3. The second kappa shape index (κ2) is 4.99. The molecule has 2 fully saturated rings. The fourth-order valence-corrected chi connectivity index (χ4v) is 4.22. The van der Waals surface area contributed by atoms with Gasteiger partial charge >= 0.3 is 0 Å². The van der Waals surface area contributed by atoms with Crippen LogP contribution in [0.15, 0.2) is 34.9 Å². The SMILES string of the molecule is CN1C2CCCC1CC(C(=O)c1coc3ccccc13)C2. The molecule has 3 nitrogen and oxygen atoms in total. The first-order valence-electron chi connectivity index (χ1n) is 7.96. The summed E-state index contributed by atoms with van der Waals surface area (Å²) in [7, 11) is 2.22. The quantitative estimate of drug-likeness (QED) is 0.784. The molecule has 2 bridgehead atoms. The minimum Gasteiger partial charge on any atom is -0.464 e. The summed E-state index contributed by atoms with van der Waals surface area (Å²) in [6.45, 7) is 0. The minimum absolute atomic E-state index is 0.164. The van der Waals surface area contributed by atoms with E-state index in [9.17, 15) is 4.79 Å². The van der Waals surface area contributed by atoms with Gasteiger partial charge in [0.15, 0.2) is 5.78 Å². The van der Waals surface area contributed by atoms with E-state index < -0.39 is 0 Å². The van der Waals surface area contributed by atoms with Crippen molar-refractivity contribution in [2.75, 3.05) is 7.05 Å². The zero-order valence-corrected chi connectivity index (χ0v) is 12.4. The van der Waals surface area contributed by atoms with Gasteiger partial charge in [-0.15, -0.1) is 0 Å². The number of ketones is 1. The maximum Gasteiger partial charge on any atom is 0.169 e. The first-order valence-corrected chi connectivity index (χ1v) is 7.96. The Morgan fingerprint density at radius 1 is 1.19 bits per heavy atom. The summed E-state index contributed by atoms with van der Waals surface area (Å²) < 4.78 is 5.54. The molecular formula is C18H21NO2. The van der Waals surface area contributed by atoms with Gasteiger partial charge in [-0.2, -0.15) is 0 Å². The topological polar surface area (TPSA) is 33.5 Å². The molecule has 2 saturated heterocycles. The molecule has 1 aromatic heterocycles. The van der Waals surface area contributed by atoms with E-state index in [1.807, 2.05) is 24.3 Å². The summed E-state index contributed by atoms with van der Waals surface area (Å²) >= 11 is 0. The van der Waals surface area contributed by atoms with Crippen molar-refractivity contribution in [3.63, 3.8) is 0 Å². The van der Waals surface area contributed by atoms with Crippen LogP contribution in [0.25, 0.3) is 11.0 Å². The van der Waals surface area contributed by atoms with Crippen LogP contribution in [0.4, 0.5) is 0 Å². The van der Waals surface area contributed by atoms with Crippen LogP contribution in [0, 0.1) is 5.92 Å². The lowest BCUT2D eigenvalue weighted by molar-refractivity contribution is 0.0339. The van der Waals surface area contributed by atoms with Crippen LogP contribution in [0.1, 0.15) is 42.5 Å². The highest BCUT2D eigenvalue weighted by Gasteiger charge is 2.39. The number of carbonyl (C=O) groups excluding carboxylic acids is 1. The van der Waals surface area contributed by atoms with Gasteiger partial charge in [0.2, 0.25) is 0 Å². The van der Waals surface area contributed by atoms with Crippen molar-refractivity contribution in [3.8, 4) is 0 Å². The zero-order chi connectivity index (χ0) is 14.4. The molecule has 4 rings (SSSR count). The summed E-state index contributed by atoms with van der Waals surface area (Å²) in [5.41, 5.74) is 1.59. The molecule has 0 radical (unpaired) electrons. The fraction of sp³-hybridized carbons (Fsp3) is 0.500. The van der Waals surface area contributed by atoms with Crippen molar-refractivity contribution in [2.24, 2.45) is 5.92 Å². The van der Waals surface area contributed by atoms with Crippen LogP contribution < -0.4 is 0 Å². The lowest BCUT2D eigenvalue weighted by Gasteiger charge is -2.46. The average Bonchev–Trinajstić information content (AvgIpc) is 2.90. The highest BCUT2D eigenvalue weighted by atomic mass is 16.3. The number of nitrogens with zero attached hydrogens (tertiary/aromatic N) is 1. The predicted octanol–water partition coefficient (Wildman–Crippen LogP) is 3.88. The number of benzene rings is 1. The Kier molecular flexibility index (Phi) is 3.11. The van der Waals surface area contributed by atoms with E-state index >= 15 is 0 Å². The molecule has 2 unspecified atom stereocenters. The number of carbonyl (C=O) groups is 1. The Hall–Kier alpha value is -1.61. The van der Waals surface area contributed by atoms with Gasteiger partial charge in [0, 0.05) is 23.4 Å². The van der Waals surface area contributed by atoms with Crippen molar-refractivity contribution >= 4 is 16.8 Å². The van der Waals surface area contributed by atoms with Gasteiger partial charge < -0.3 is 9.32 Å². The lowest BCUT2D eigenvalue weighted by Crippen LogP contribution is -2.51. The Morgan fingerprint density at radius 2 is 1.90 bits per heavy atom. The molecule has 21 heavy (non-hydrogen) atoms. The number of fused-ring (bicyclic) bond motifs is 3. The van der Waals surface area contributed by atoms with Crippen molar-refractivity contribution in [1.82, 2.24) is 4.90 Å². The number of rotatable bonds is 2. The van der Waals surface area contributed by atoms with Gasteiger partial charge in [0.25, 0.3) is 0 Å². The smallest absolute Gasteiger partial charge is 0.169 e. The third kappa shape index (κ3) is 2.11. The minimum atomic E-state index is 0.164. The number of para-hydroxylation sites is 1. The Labute approximate surface area is 124 Å². The molecule has 0 N–H and O–H groups in total. The van der Waals surface area contributed by atoms with Gasteiger partial charge in [0.1, 0.15) is 11.8 Å². The zero-order valence-electron chi connectivity index (χ0n) is 12.4. The van der Waals surface area contributed by atoms with Crippen LogP contribution in [0.2, 0.25) is 0 Å². The van der Waals surface area contributed by atoms with Gasteiger partial charge in [0.05, 0.1) is 5.56 Å². The molecule has 2 aliphatic heterocycles. The van der Waals surface area contributed by atoms with E-state index in [0.29, 0.717) is 12.1 Å². The molecule has 0 aliphatic carbocycles. The molecule has 0 saturated carbocycles. The molecule has 2 aliphatic rings. The Balaban J connectivity index is 1.63. The summed E-state index contributed by atoms with van der Waals surface area (Å²) in [6.07, 6.45) is 7.46. The average molecular weight is 283 g/mol. The molecule has 3 heteroatoms. The number of piperidine rings is 2. The van der Waals surface area contributed by atoms with Gasteiger partial charge in [-0.1, -0.05) is 24.6 Å². The third-order valence-electron chi connectivity index (χ3n) is 5.46. The van der Waals surface area contributed by atoms with Crippen LogP contribution in [0.3, 0.4) is 0 Å². The first-order chi connectivity index (χ1) is 10.2. The number of Topliss-reactive ketones (excluding diaryl/α,β-unsaturated/α-hetero) is 1. The molecular weight excluding hydrogens is 262 g/mol. The maximum atomic E-state index is 12.9. The highest BCUT2D eigenvalue weighted by molar-refractivity contribution is 6.08. The Morgan fingerprint density at radius 3 is 2.67 bits per heavy atom. The van der Waals surface area contributed by atoms with E-state index in [0.717, 1.165) is 29.4 Å². The lowest BCUT2D eigenvalue weighted by atomic mass is 9.76. The summed E-state index contributed by atoms with van der Waals surface area (Å²) in [6, 6.07) is 9.00. The van der Waals surface area contributed by atoms with Gasteiger partial charge in [-0.3, -0.25) is 4.79 Å². The van der Waals surface area contributed by atoms with Crippen LogP contribution in [0.5, 0.6) is 0 Å². The molecule has 3 heterocycles. The van der Waals surface area contributed by atoms with Gasteiger partial charge in [-0.05, 0) is 38.8 Å². The second-order valence-electron chi connectivity index (χ2n) is 6.58. The molecule has 2 atom stereocenters. The summed E-state index contributed by atoms with van der Waals surface area (Å²) in [5, 5.41) is 0.964. The predicted molar refractivity (Wildman–Crippen MR) is 82.5 cm³/mol. The normalized spacial score (nSPS) is 29.7. The number of hydrogen-bond donors (Lipinski definition) is 0. The molecule has 0 amide bonds. The van der Waals surface area contributed by atoms with Crippen LogP contribution >= 0.6 is 0 Å². The molecule has 1 aromatic carbocycles. The number of hydrogen-bond acceptors (Lipinski definition) is 3. The second-order valence-corrected chi connectivity index (χ2v) is 6.58. The van der Waals surface area contributed by atoms with E-state index in [1.54, 1.807) is 6.26 Å². The van der Waals surface area contributed by atoms with Crippen molar-refractivity contribution in [3.05, 3.63) is 36.1 Å². The molecule has 110 valence electrons. The fourth-order valence-electron chi connectivity index (χ4n) is 4.22. The molecule has 2 aromatic rings. The van der Waals surface area contributed by atoms with E-state index in [-0.39, 0.29) is 11.7 Å². The van der Waals surface area contributed by atoms with Crippen molar-refractivity contribution in [2.45, 2.75) is 44.2 Å². The Bertz CT molecular complexity index is 661.